The average Bonchev–Trinajstić information content (AvgIpc) is 3.88. The summed E-state index contributed by atoms with van der Waals surface area (Å²) in [5.41, 5.74) is 8.18. The highest BCUT2D eigenvalue weighted by Gasteiger charge is 2.21. The van der Waals surface area contributed by atoms with Gasteiger partial charge in [-0.3, -0.25) is 13.7 Å². The van der Waals surface area contributed by atoms with Crippen LogP contribution in [0.4, 0.5) is 0 Å². The Morgan fingerprint density at radius 1 is 0.619 bits per heavy atom. The Labute approximate surface area is 380 Å². The van der Waals surface area contributed by atoms with E-state index in [1.807, 2.05) is 145 Å². The maximum atomic E-state index is 9.11. The van der Waals surface area contributed by atoms with Gasteiger partial charge in [0.15, 0.2) is 0 Å². The van der Waals surface area contributed by atoms with Crippen molar-refractivity contribution >= 4 is 32.8 Å². The molecular formula is C58H52N4O. The third-order valence-electron chi connectivity index (χ3n) is 11.0. The van der Waals surface area contributed by atoms with Gasteiger partial charge in [0.05, 0.1) is 40.3 Å². The number of imidazole rings is 1. The fraction of sp³-hybridized carbons (Fsp3) is 0.172. The lowest BCUT2D eigenvalue weighted by molar-refractivity contribution is -0.571. The first-order valence-corrected chi connectivity index (χ1v) is 21.3. The van der Waals surface area contributed by atoms with Gasteiger partial charge in [-0.1, -0.05) is 163 Å². The molecule has 3 aromatic heterocycles. The standard InChI is InChI=1S/C58H52N4O/c1-57(2,3)37-40-17-14-20-43(33-40)48-25-16-24-47(42-18-8-7-9-19-42)56(48)61-39-60(52-27-12-13-28-53(52)61)44-21-15-22-45(35-44)63-46-29-30-50-49-23-10-11-26-51(49)62(54(50)36-46)55-34-41(31-32-59-55)38-58(4,5)6/h7-36H,37-38H2,1-6H3/i7D,8D,9D,18D,19D,38D2. The van der Waals surface area contributed by atoms with Crippen LogP contribution in [0, 0.1) is 17.2 Å². The molecule has 0 fully saturated rings. The van der Waals surface area contributed by atoms with E-state index in [2.05, 4.69) is 55.9 Å². The first-order valence-electron chi connectivity index (χ1n) is 24.8. The molecule has 0 spiro atoms. The van der Waals surface area contributed by atoms with E-state index in [-0.39, 0.29) is 23.1 Å². The van der Waals surface area contributed by atoms with Crippen molar-refractivity contribution in [3.05, 3.63) is 199 Å². The van der Waals surface area contributed by atoms with Crippen LogP contribution in [0.15, 0.2) is 182 Å². The molecule has 0 bridgehead atoms. The van der Waals surface area contributed by atoms with E-state index in [0.717, 1.165) is 61.6 Å². The maximum Gasteiger partial charge on any atom is 0.269 e. The second kappa shape index (κ2) is 15.9. The SMILES string of the molecule is [2H]c1c([2H])c([2H])c(-c2cccc(-c3cccc(CC(C)(C)C)c3)c2-[n+]2[c-]n(-c3cccc(Oc4ccc5c6ccccc6n(-c6cc(C([2H])([2H])C(C)(C)C)ccn6)c5c4)c3)c3ccccc32)c([2H])c1[2H]. The Hall–Kier alpha value is -7.24. The number of fused-ring (bicyclic) bond motifs is 4. The molecule has 0 unspecified atom stereocenters. The molecular weight excluding hydrogens is 769 g/mol. The fourth-order valence-electron chi connectivity index (χ4n) is 8.62. The minimum atomic E-state index is -1.61. The molecule has 0 saturated heterocycles. The van der Waals surface area contributed by atoms with Crippen LogP contribution < -0.4 is 9.30 Å². The molecule has 0 atom stereocenters. The van der Waals surface area contributed by atoms with Crippen LogP contribution in [0.3, 0.4) is 0 Å². The minimum absolute atomic E-state index is 0.0354. The summed E-state index contributed by atoms with van der Waals surface area (Å²) in [4.78, 5) is 4.77. The lowest BCUT2D eigenvalue weighted by Crippen LogP contribution is -2.31. The predicted molar refractivity (Wildman–Crippen MR) is 259 cm³/mol. The molecule has 0 aliphatic carbocycles. The number of hydrogen-bond acceptors (Lipinski definition) is 2. The molecule has 63 heavy (non-hydrogen) atoms. The second-order valence-electron chi connectivity index (χ2n) is 18.3. The summed E-state index contributed by atoms with van der Waals surface area (Å²) in [5.74, 6) is 1.78. The van der Waals surface area contributed by atoms with Crippen molar-refractivity contribution in [1.29, 1.82) is 0 Å². The number of rotatable bonds is 9. The molecule has 0 saturated carbocycles. The Balaban J connectivity index is 1.11. The van der Waals surface area contributed by atoms with Crippen molar-refractivity contribution in [2.75, 3.05) is 0 Å². The summed E-state index contributed by atoms with van der Waals surface area (Å²) in [6.45, 7) is 12.3. The molecule has 0 N–H and O–H groups in total. The first-order chi connectivity index (χ1) is 33.3. The molecule has 3 heterocycles. The van der Waals surface area contributed by atoms with Gasteiger partial charge in [0, 0.05) is 25.8 Å². The lowest BCUT2D eigenvalue weighted by Gasteiger charge is -2.20. The van der Waals surface area contributed by atoms with Crippen molar-refractivity contribution in [1.82, 2.24) is 14.1 Å². The lowest BCUT2D eigenvalue weighted by atomic mass is 9.87. The summed E-state index contributed by atoms with van der Waals surface area (Å²) >= 11 is 0. The van der Waals surface area contributed by atoms with Crippen LogP contribution in [0.2, 0.25) is 0 Å². The number of benzene rings is 7. The fourth-order valence-corrected chi connectivity index (χ4v) is 8.62. The van der Waals surface area contributed by atoms with E-state index in [1.165, 1.54) is 0 Å². The number of aromatic nitrogens is 4. The first kappa shape index (κ1) is 32.5. The number of nitrogens with zero attached hydrogens (tertiary/aromatic N) is 4. The topological polar surface area (TPSA) is 35.9 Å². The van der Waals surface area contributed by atoms with Gasteiger partial charge < -0.3 is 4.74 Å². The van der Waals surface area contributed by atoms with Crippen molar-refractivity contribution < 1.29 is 18.9 Å². The van der Waals surface area contributed by atoms with Crippen molar-refractivity contribution in [2.24, 2.45) is 10.8 Å². The highest BCUT2D eigenvalue weighted by Crippen LogP contribution is 2.38. The van der Waals surface area contributed by atoms with E-state index >= 15 is 0 Å². The summed E-state index contributed by atoms with van der Waals surface area (Å²) in [6.07, 6.45) is 4.55. The smallest absolute Gasteiger partial charge is 0.269 e. The molecule has 0 aliphatic heterocycles. The summed E-state index contributed by atoms with van der Waals surface area (Å²) in [6, 6.07) is 45.7. The van der Waals surface area contributed by atoms with E-state index in [0.29, 0.717) is 34.1 Å². The van der Waals surface area contributed by atoms with Crippen LogP contribution in [0.1, 0.15) is 62.3 Å². The summed E-state index contributed by atoms with van der Waals surface area (Å²) in [5, 5.41) is 2.04. The number of hydrogen-bond donors (Lipinski definition) is 0. The van der Waals surface area contributed by atoms with Gasteiger partial charge in [-0.15, -0.1) is 0 Å². The molecule has 10 aromatic rings. The second-order valence-corrected chi connectivity index (χ2v) is 18.3. The zero-order valence-electron chi connectivity index (χ0n) is 43.3. The van der Waals surface area contributed by atoms with Crippen molar-refractivity contribution in [3.63, 3.8) is 0 Å². The minimum Gasteiger partial charge on any atom is -0.458 e. The maximum absolute atomic E-state index is 9.11. The van der Waals surface area contributed by atoms with Crippen LogP contribution >= 0.6 is 0 Å². The quantitative estimate of drug-likeness (QED) is 0.107. The van der Waals surface area contributed by atoms with Gasteiger partial charge >= 0.3 is 0 Å². The molecule has 5 heteroatoms. The third-order valence-corrected chi connectivity index (χ3v) is 11.0. The third kappa shape index (κ3) is 8.03. The zero-order chi connectivity index (χ0) is 49.4. The van der Waals surface area contributed by atoms with Crippen LogP contribution in [-0.4, -0.2) is 14.1 Å². The highest BCUT2D eigenvalue weighted by atomic mass is 16.5. The summed E-state index contributed by atoms with van der Waals surface area (Å²) in [7, 11) is 0. The van der Waals surface area contributed by atoms with Gasteiger partial charge in [-0.05, 0) is 106 Å². The van der Waals surface area contributed by atoms with Crippen LogP contribution in [-0.2, 0) is 12.8 Å². The predicted octanol–water partition coefficient (Wildman–Crippen LogP) is 14.5. The molecule has 0 aliphatic rings. The molecule has 0 radical (unpaired) electrons. The van der Waals surface area contributed by atoms with Crippen molar-refractivity contribution in [2.45, 2.75) is 54.3 Å². The van der Waals surface area contributed by atoms with Gasteiger partial charge in [0.2, 0.25) is 0 Å². The molecule has 5 nitrogen and oxygen atoms in total. The van der Waals surface area contributed by atoms with Gasteiger partial charge in [0.1, 0.15) is 17.3 Å². The van der Waals surface area contributed by atoms with E-state index in [4.69, 9.17) is 19.3 Å². The van der Waals surface area contributed by atoms with E-state index < -0.39 is 29.9 Å². The Morgan fingerprint density at radius 3 is 2.14 bits per heavy atom. The molecule has 0 amide bonds. The molecule has 7 aromatic carbocycles. The molecule has 310 valence electrons. The van der Waals surface area contributed by atoms with E-state index in [1.54, 1.807) is 12.3 Å². The summed E-state index contributed by atoms with van der Waals surface area (Å²) < 4.78 is 74.6. The van der Waals surface area contributed by atoms with Gasteiger partial charge in [-0.2, -0.15) is 0 Å². The van der Waals surface area contributed by atoms with Gasteiger partial charge in [0.25, 0.3) is 6.33 Å². The average molecular weight is 828 g/mol. The largest absolute Gasteiger partial charge is 0.458 e. The number of pyridine rings is 1. The Bertz CT molecular complexity index is 3660. The number of ether oxygens (including phenoxy) is 1. The van der Waals surface area contributed by atoms with Crippen LogP contribution in [0.5, 0.6) is 11.5 Å². The van der Waals surface area contributed by atoms with Gasteiger partial charge in [-0.25, -0.2) is 4.98 Å². The van der Waals surface area contributed by atoms with E-state index in [9.17, 15) is 0 Å². The normalized spacial score (nSPS) is 13.9. The van der Waals surface area contributed by atoms with Crippen molar-refractivity contribution in [3.8, 4) is 50.9 Å². The zero-order valence-corrected chi connectivity index (χ0v) is 36.3. The monoisotopic (exact) mass is 827 g/mol. The number of para-hydroxylation sites is 4. The Kier molecular flexibility index (Phi) is 8.20. The van der Waals surface area contributed by atoms with Crippen LogP contribution in [0.25, 0.3) is 72.3 Å². The highest BCUT2D eigenvalue weighted by molar-refractivity contribution is 6.09. The Morgan fingerprint density at radius 2 is 1.33 bits per heavy atom. The molecule has 10 rings (SSSR count).